The Kier molecular flexibility index (Phi) is 5.01. The van der Waals surface area contributed by atoms with E-state index >= 15 is 0 Å². The average Bonchev–Trinajstić information content (AvgIpc) is 2.77. The number of rotatable bonds is 5. The van der Waals surface area contributed by atoms with Gasteiger partial charge in [0.15, 0.2) is 0 Å². The van der Waals surface area contributed by atoms with Crippen molar-refractivity contribution in [3.63, 3.8) is 0 Å². The van der Waals surface area contributed by atoms with Crippen LogP contribution >= 0.6 is 11.8 Å². The van der Waals surface area contributed by atoms with Crippen LogP contribution < -0.4 is 5.32 Å². The quantitative estimate of drug-likeness (QED) is 0.887. The number of aromatic amines is 1. The highest BCUT2D eigenvalue weighted by Gasteiger charge is 2.14. The average molecular weight is 307 g/mol. The first-order chi connectivity index (χ1) is 9.99. The van der Waals surface area contributed by atoms with Crippen molar-refractivity contribution in [2.24, 2.45) is 0 Å². The van der Waals surface area contributed by atoms with E-state index < -0.39 is 0 Å². The van der Waals surface area contributed by atoms with Crippen molar-refractivity contribution in [3.8, 4) is 0 Å². The van der Waals surface area contributed by atoms with Crippen molar-refractivity contribution < 1.29 is 9.18 Å². The monoisotopic (exact) mass is 307 g/mol. The molecule has 1 atom stereocenters. The van der Waals surface area contributed by atoms with E-state index in [-0.39, 0.29) is 22.7 Å². The Labute approximate surface area is 127 Å². The third kappa shape index (κ3) is 3.85. The summed E-state index contributed by atoms with van der Waals surface area (Å²) in [6.45, 7) is 5.57. The zero-order valence-electron chi connectivity index (χ0n) is 12.2. The standard InChI is InChI=1S/C15H18FN3OS/c1-9-15(10(2)19-18-9)17-14(20)8-21-11(3)12-6-4-5-7-13(12)16/h4-7,11H,8H2,1-3H3,(H,17,20)(H,18,19)/t11-/m1/s1. The fourth-order valence-electron chi connectivity index (χ4n) is 2.01. The van der Waals surface area contributed by atoms with Crippen LogP contribution in [0.1, 0.15) is 29.1 Å². The van der Waals surface area contributed by atoms with Crippen LogP contribution in [0.4, 0.5) is 10.1 Å². The summed E-state index contributed by atoms with van der Waals surface area (Å²) in [5.41, 5.74) is 2.92. The fraction of sp³-hybridized carbons (Fsp3) is 0.333. The number of carbonyl (C=O) groups excluding carboxylic acids is 1. The number of aryl methyl sites for hydroxylation is 2. The molecule has 0 radical (unpaired) electrons. The highest BCUT2D eigenvalue weighted by molar-refractivity contribution is 8.00. The van der Waals surface area contributed by atoms with Crippen LogP contribution in [-0.4, -0.2) is 21.9 Å². The summed E-state index contributed by atoms with van der Waals surface area (Å²) in [5, 5.41) is 9.60. The van der Waals surface area contributed by atoms with Gasteiger partial charge in [0.25, 0.3) is 0 Å². The van der Waals surface area contributed by atoms with E-state index in [0.717, 1.165) is 17.1 Å². The van der Waals surface area contributed by atoms with Gasteiger partial charge in [0.1, 0.15) is 5.82 Å². The minimum Gasteiger partial charge on any atom is -0.322 e. The third-order valence-electron chi connectivity index (χ3n) is 3.20. The van der Waals surface area contributed by atoms with Crippen molar-refractivity contribution in [3.05, 3.63) is 47.0 Å². The van der Waals surface area contributed by atoms with Crippen LogP contribution in [0.5, 0.6) is 0 Å². The molecule has 112 valence electrons. The van der Waals surface area contributed by atoms with E-state index in [2.05, 4.69) is 15.5 Å². The molecule has 4 nitrogen and oxygen atoms in total. The molecule has 1 amide bonds. The zero-order chi connectivity index (χ0) is 15.4. The van der Waals surface area contributed by atoms with E-state index in [0.29, 0.717) is 5.56 Å². The molecule has 0 saturated heterocycles. The van der Waals surface area contributed by atoms with E-state index in [1.807, 2.05) is 20.8 Å². The molecular formula is C15H18FN3OS. The topological polar surface area (TPSA) is 57.8 Å². The summed E-state index contributed by atoms with van der Waals surface area (Å²) in [4.78, 5) is 12.0. The lowest BCUT2D eigenvalue weighted by molar-refractivity contribution is -0.113. The van der Waals surface area contributed by atoms with Gasteiger partial charge in [0.05, 0.1) is 22.8 Å². The molecule has 1 heterocycles. The first-order valence-electron chi connectivity index (χ1n) is 6.66. The van der Waals surface area contributed by atoms with Crippen LogP contribution in [0.25, 0.3) is 0 Å². The largest absolute Gasteiger partial charge is 0.322 e. The molecule has 2 N–H and O–H groups in total. The fourth-order valence-corrected chi connectivity index (χ4v) is 2.85. The number of nitrogens with zero attached hydrogens (tertiary/aromatic N) is 1. The van der Waals surface area contributed by atoms with Crippen molar-refractivity contribution in [1.29, 1.82) is 0 Å². The van der Waals surface area contributed by atoms with Crippen LogP contribution in [0.15, 0.2) is 24.3 Å². The molecule has 0 aliphatic carbocycles. The van der Waals surface area contributed by atoms with Crippen molar-refractivity contribution in [2.45, 2.75) is 26.0 Å². The van der Waals surface area contributed by atoms with Gasteiger partial charge in [-0.15, -0.1) is 11.8 Å². The SMILES string of the molecule is Cc1n[nH]c(C)c1NC(=O)CS[C@H](C)c1ccccc1F. The van der Waals surface area contributed by atoms with E-state index in [1.165, 1.54) is 17.8 Å². The Morgan fingerprint density at radius 1 is 1.43 bits per heavy atom. The van der Waals surface area contributed by atoms with E-state index in [9.17, 15) is 9.18 Å². The number of hydrogen-bond acceptors (Lipinski definition) is 3. The number of thioether (sulfide) groups is 1. The number of hydrogen-bond donors (Lipinski definition) is 2. The summed E-state index contributed by atoms with van der Waals surface area (Å²) < 4.78 is 13.6. The van der Waals surface area contributed by atoms with Gasteiger partial charge in [-0.3, -0.25) is 9.89 Å². The lowest BCUT2D eigenvalue weighted by Gasteiger charge is -2.12. The number of H-pyrrole nitrogens is 1. The highest BCUT2D eigenvalue weighted by atomic mass is 32.2. The number of halogens is 1. The first-order valence-corrected chi connectivity index (χ1v) is 7.71. The predicted molar refractivity (Wildman–Crippen MR) is 84.0 cm³/mol. The third-order valence-corrected chi connectivity index (χ3v) is 4.38. The molecule has 0 fully saturated rings. The molecule has 0 spiro atoms. The van der Waals surface area contributed by atoms with Gasteiger partial charge in [0, 0.05) is 10.8 Å². The number of amides is 1. The highest BCUT2D eigenvalue weighted by Crippen LogP contribution is 2.30. The Morgan fingerprint density at radius 3 is 2.76 bits per heavy atom. The van der Waals surface area contributed by atoms with Gasteiger partial charge < -0.3 is 5.32 Å². The molecule has 0 saturated carbocycles. The Balaban J connectivity index is 1.91. The summed E-state index contributed by atoms with van der Waals surface area (Å²) in [6, 6.07) is 6.64. The Bertz CT molecular complexity index is 622. The Morgan fingerprint density at radius 2 is 2.14 bits per heavy atom. The number of aromatic nitrogens is 2. The normalized spacial score (nSPS) is 12.2. The molecule has 1 aromatic heterocycles. The molecule has 1 aromatic carbocycles. The minimum atomic E-state index is -0.237. The van der Waals surface area contributed by atoms with Crippen molar-refractivity contribution in [1.82, 2.24) is 10.2 Å². The summed E-state index contributed by atoms with van der Waals surface area (Å²) in [7, 11) is 0. The number of nitrogens with one attached hydrogen (secondary N) is 2. The summed E-state index contributed by atoms with van der Waals surface area (Å²) >= 11 is 1.40. The Hall–Kier alpha value is -1.82. The van der Waals surface area contributed by atoms with E-state index in [4.69, 9.17) is 0 Å². The van der Waals surface area contributed by atoms with Crippen molar-refractivity contribution in [2.75, 3.05) is 11.1 Å². The molecule has 2 aromatic rings. The number of carbonyl (C=O) groups is 1. The molecule has 0 bridgehead atoms. The minimum absolute atomic E-state index is 0.0801. The van der Waals surface area contributed by atoms with Crippen LogP contribution in [0.3, 0.4) is 0 Å². The zero-order valence-corrected chi connectivity index (χ0v) is 13.1. The van der Waals surface area contributed by atoms with Crippen molar-refractivity contribution >= 4 is 23.4 Å². The smallest absolute Gasteiger partial charge is 0.234 e. The maximum Gasteiger partial charge on any atom is 0.234 e. The molecule has 2 rings (SSSR count). The molecule has 0 aliphatic rings. The maximum atomic E-state index is 13.6. The second-order valence-corrected chi connectivity index (χ2v) is 6.16. The lowest BCUT2D eigenvalue weighted by Crippen LogP contribution is -2.15. The molecule has 0 aliphatic heterocycles. The number of anilines is 1. The molecular weight excluding hydrogens is 289 g/mol. The molecule has 6 heteroatoms. The van der Waals surface area contributed by atoms with Gasteiger partial charge in [-0.1, -0.05) is 18.2 Å². The summed E-state index contributed by atoms with van der Waals surface area (Å²) in [6.07, 6.45) is 0. The number of benzene rings is 1. The van der Waals surface area contributed by atoms with Crippen LogP contribution in [0, 0.1) is 19.7 Å². The molecule has 0 unspecified atom stereocenters. The molecule has 21 heavy (non-hydrogen) atoms. The van der Waals surface area contributed by atoms with E-state index in [1.54, 1.807) is 18.2 Å². The second-order valence-electron chi connectivity index (χ2n) is 4.83. The van der Waals surface area contributed by atoms with Crippen LogP contribution in [-0.2, 0) is 4.79 Å². The van der Waals surface area contributed by atoms with Gasteiger partial charge >= 0.3 is 0 Å². The maximum absolute atomic E-state index is 13.6. The second kappa shape index (κ2) is 6.76. The summed E-state index contributed by atoms with van der Waals surface area (Å²) in [5.74, 6) is -0.0882. The predicted octanol–water partition coefficient (Wildman–Crippen LogP) is 3.60. The lowest BCUT2D eigenvalue weighted by atomic mass is 10.1. The van der Waals surface area contributed by atoms with Gasteiger partial charge in [0.2, 0.25) is 5.91 Å². The van der Waals surface area contributed by atoms with Gasteiger partial charge in [-0.25, -0.2) is 4.39 Å². The van der Waals surface area contributed by atoms with Crippen LogP contribution in [0.2, 0.25) is 0 Å². The van der Waals surface area contributed by atoms with Gasteiger partial charge in [-0.2, -0.15) is 5.10 Å². The van der Waals surface area contributed by atoms with Gasteiger partial charge in [-0.05, 0) is 26.8 Å². The first kappa shape index (κ1) is 15.6.